The Hall–Kier alpha value is -1.85. The zero-order chi connectivity index (χ0) is 18.2. The first-order valence-corrected chi connectivity index (χ1v) is 9.44. The van der Waals surface area contributed by atoms with Gasteiger partial charge in [-0.1, -0.05) is 23.7 Å². The maximum atomic E-state index is 12.1. The predicted octanol–water partition coefficient (Wildman–Crippen LogP) is 4.72. The molecule has 0 atom stereocenters. The quantitative estimate of drug-likeness (QED) is 0.674. The zero-order valence-electron chi connectivity index (χ0n) is 14.6. The van der Waals surface area contributed by atoms with Crippen LogP contribution in [0, 0.1) is 13.8 Å². The number of carbonyl (C=O) groups excluding carboxylic acids is 1. The molecule has 0 spiro atoms. The molecule has 0 saturated heterocycles. The van der Waals surface area contributed by atoms with E-state index in [9.17, 15) is 4.79 Å². The highest BCUT2D eigenvalue weighted by Crippen LogP contribution is 2.27. The molecule has 0 radical (unpaired) electrons. The van der Waals surface area contributed by atoms with Crippen molar-refractivity contribution >= 4 is 35.0 Å². The van der Waals surface area contributed by atoms with Crippen molar-refractivity contribution in [3.8, 4) is 11.5 Å². The second kappa shape index (κ2) is 9.59. The number of halogens is 1. The van der Waals surface area contributed by atoms with Crippen LogP contribution in [-0.4, -0.2) is 31.1 Å². The number of hydrogen-bond acceptors (Lipinski definition) is 4. The van der Waals surface area contributed by atoms with Crippen LogP contribution in [0.1, 0.15) is 11.1 Å². The fourth-order valence-corrected chi connectivity index (χ4v) is 2.98. The summed E-state index contributed by atoms with van der Waals surface area (Å²) in [5, 5.41) is 3.36. The van der Waals surface area contributed by atoms with E-state index in [1.165, 1.54) is 17.3 Å². The molecule has 6 heteroatoms. The third-order valence-electron chi connectivity index (χ3n) is 3.50. The molecule has 0 fully saturated rings. The number of benzene rings is 2. The number of amides is 1. The fraction of sp³-hybridized carbons (Fsp3) is 0.316. The molecule has 25 heavy (non-hydrogen) atoms. The van der Waals surface area contributed by atoms with Crippen molar-refractivity contribution in [3.63, 3.8) is 0 Å². The average molecular weight is 380 g/mol. The molecule has 4 nitrogen and oxygen atoms in total. The predicted molar refractivity (Wildman–Crippen MR) is 105 cm³/mol. The highest BCUT2D eigenvalue weighted by Gasteiger charge is 2.08. The lowest BCUT2D eigenvalue weighted by atomic mass is 10.1. The van der Waals surface area contributed by atoms with Gasteiger partial charge in [0.25, 0.3) is 0 Å². The number of aryl methyl sites for hydroxylation is 2. The largest absolute Gasteiger partial charge is 0.495 e. The van der Waals surface area contributed by atoms with Crippen LogP contribution in [0.5, 0.6) is 11.5 Å². The van der Waals surface area contributed by atoms with Crippen LogP contribution >= 0.6 is 23.4 Å². The van der Waals surface area contributed by atoms with Gasteiger partial charge in [0, 0.05) is 10.8 Å². The molecule has 0 heterocycles. The Kier molecular flexibility index (Phi) is 7.47. The number of carbonyl (C=O) groups is 1. The number of methoxy groups -OCH3 is 1. The van der Waals surface area contributed by atoms with Gasteiger partial charge >= 0.3 is 0 Å². The molecular weight excluding hydrogens is 358 g/mol. The molecule has 0 bridgehead atoms. The lowest BCUT2D eigenvalue weighted by molar-refractivity contribution is -0.113. The van der Waals surface area contributed by atoms with E-state index >= 15 is 0 Å². The summed E-state index contributed by atoms with van der Waals surface area (Å²) in [5.41, 5.74) is 2.86. The molecule has 0 unspecified atom stereocenters. The average Bonchev–Trinajstić information content (AvgIpc) is 2.58. The Labute approximate surface area is 157 Å². The van der Waals surface area contributed by atoms with Gasteiger partial charge in [-0.05, 0) is 49.2 Å². The van der Waals surface area contributed by atoms with Crippen molar-refractivity contribution in [2.24, 2.45) is 0 Å². The standard InChI is InChI=1S/C19H22ClNO3S/c1-13-4-5-14(2)18(10-13)24-8-9-25-12-19(22)21-16-11-15(20)6-7-17(16)23-3/h4-7,10-11H,8-9,12H2,1-3H3,(H,21,22). The second-order valence-corrected chi connectivity index (χ2v) is 7.10. The molecule has 0 saturated carbocycles. The van der Waals surface area contributed by atoms with Crippen molar-refractivity contribution in [1.29, 1.82) is 0 Å². The molecule has 1 N–H and O–H groups in total. The summed E-state index contributed by atoms with van der Waals surface area (Å²) in [5.74, 6) is 2.45. The summed E-state index contributed by atoms with van der Waals surface area (Å²) >= 11 is 7.47. The van der Waals surface area contributed by atoms with Crippen molar-refractivity contribution < 1.29 is 14.3 Å². The van der Waals surface area contributed by atoms with Crippen LogP contribution in [0.2, 0.25) is 5.02 Å². The van der Waals surface area contributed by atoms with Gasteiger partial charge in [-0.3, -0.25) is 4.79 Å². The Morgan fingerprint density at radius 1 is 1.16 bits per heavy atom. The first kappa shape index (κ1) is 19.5. The van der Waals surface area contributed by atoms with E-state index in [-0.39, 0.29) is 5.91 Å². The molecule has 134 valence electrons. The van der Waals surface area contributed by atoms with Crippen LogP contribution < -0.4 is 14.8 Å². The zero-order valence-corrected chi connectivity index (χ0v) is 16.2. The van der Waals surface area contributed by atoms with Gasteiger partial charge in [-0.15, -0.1) is 11.8 Å². The Morgan fingerprint density at radius 3 is 2.72 bits per heavy atom. The topological polar surface area (TPSA) is 47.6 Å². The van der Waals surface area contributed by atoms with Gasteiger partial charge in [-0.2, -0.15) is 0 Å². The number of thioether (sulfide) groups is 1. The van der Waals surface area contributed by atoms with Gasteiger partial charge in [-0.25, -0.2) is 0 Å². The summed E-state index contributed by atoms with van der Waals surface area (Å²) in [6.45, 7) is 4.62. The first-order valence-electron chi connectivity index (χ1n) is 7.91. The van der Waals surface area contributed by atoms with Crippen LogP contribution in [0.4, 0.5) is 5.69 Å². The van der Waals surface area contributed by atoms with E-state index in [1.54, 1.807) is 25.3 Å². The molecule has 0 aliphatic heterocycles. The lowest BCUT2D eigenvalue weighted by Gasteiger charge is -2.11. The maximum absolute atomic E-state index is 12.1. The number of ether oxygens (including phenoxy) is 2. The SMILES string of the molecule is COc1ccc(Cl)cc1NC(=O)CSCCOc1cc(C)ccc1C. The monoisotopic (exact) mass is 379 g/mol. The second-order valence-electron chi connectivity index (χ2n) is 5.56. The number of nitrogens with one attached hydrogen (secondary N) is 1. The van der Waals surface area contributed by atoms with Crippen LogP contribution in [0.15, 0.2) is 36.4 Å². The molecule has 2 aromatic carbocycles. The summed E-state index contributed by atoms with van der Waals surface area (Å²) in [6, 6.07) is 11.2. The fourth-order valence-electron chi connectivity index (χ4n) is 2.20. The van der Waals surface area contributed by atoms with E-state index in [4.69, 9.17) is 21.1 Å². The number of rotatable bonds is 8. The van der Waals surface area contributed by atoms with Crippen molar-refractivity contribution in [2.45, 2.75) is 13.8 Å². The molecule has 0 aliphatic carbocycles. The summed E-state index contributed by atoms with van der Waals surface area (Å²) in [6.07, 6.45) is 0. The van der Waals surface area contributed by atoms with E-state index in [0.29, 0.717) is 28.8 Å². The first-order chi connectivity index (χ1) is 12.0. The smallest absolute Gasteiger partial charge is 0.234 e. The maximum Gasteiger partial charge on any atom is 0.234 e. The third kappa shape index (κ3) is 6.18. The van der Waals surface area contributed by atoms with E-state index in [2.05, 4.69) is 11.4 Å². The minimum atomic E-state index is -0.0997. The Bertz CT molecular complexity index is 737. The molecule has 2 rings (SSSR count). The summed E-state index contributed by atoms with van der Waals surface area (Å²) in [7, 11) is 1.55. The summed E-state index contributed by atoms with van der Waals surface area (Å²) in [4.78, 5) is 12.1. The number of hydrogen-bond donors (Lipinski definition) is 1. The molecular formula is C19H22ClNO3S. The molecule has 1 amide bonds. The van der Waals surface area contributed by atoms with Gasteiger partial charge in [0.05, 0.1) is 25.2 Å². The van der Waals surface area contributed by atoms with Crippen molar-refractivity contribution in [2.75, 3.05) is 30.5 Å². The van der Waals surface area contributed by atoms with Crippen LogP contribution in [0.25, 0.3) is 0 Å². The molecule has 0 aromatic heterocycles. The van der Waals surface area contributed by atoms with E-state index in [1.807, 2.05) is 26.0 Å². The summed E-state index contributed by atoms with van der Waals surface area (Å²) < 4.78 is 11.0. The van der Waals surface area contributed by atoms with E-state index in [0.717, 1.165) is 17.1 Å². The van der Waals surface area contributed by atoms with Gasteiger partial charge in [0.2, 0.25) is 5.91 Å². The third-order valence-corrected chi connectivity index (χ3v) is 4.65. The van der Waals surface area contributed by atoms with Gasteiger partial charge < -0.3 is 14.8 Å². The number of anilines is 1. The molecule has 0 aliphatic rings. The van der Waals surface area contributed by atoms with Crippen LogP contribution in [0.3, 0.4) is 0 Å². The van der Waals surface area contributed by atoms with E-state index < -0.39 is 0 Å². The Balaban J connectivity index is 1.74. The lowest BCUT2D eigenvalue weighted by Crippen LogP contribution is -2.15. The molecule has 2 aromatic rings. The highest BCUT2D eigenvalue weighted by molar-refractivity contribution is 7.99. The van der Waals surface area contributed by atoms with Gasteiger partial charge in [0.15, 0.2) is 0 Å². The Morgan fingerprint density at radius 2 is 1.96 bits per heavy atom. The highest BCUT2D eigenvalue weighted by atomic mass is 35.5. The van der Waals surface area contributed by atoms with Crippen molar-refractivity contribution in [1.82, 2.24) is 0 Å². The van der Waals surface area contributed by atoms with Crippen molar-refractivity contribution in [3.05, 3.63) is 52.5 Å². The van der Waals surface area contributed by atoms with Gasteiger partial charge in [0.1, 0.15) is 11.5 Å². The minimum Gasteiger partial charge on any atom is -0.495 e. The minimum absolute atomic E-state index is 0.0997. The normalized spacial score (nSPS) is 10.4. The van der Waals surface area contributed by atoms with Crippen LogP contribution in [-0.2, 0) is 4.79 Å².